The third-order valence-electron chi connectivity index (χ3n) is 2.06. The predicted octanol–water partition coefficient (Wildman–Crippen LogP) is 0.975. The van der Waals surface area contributed by atoms with Gasteiger partial charge in [0.15, 0.2) is 0 Å². The van der Waals surface area contributed by atoms with Crippen molar-refractivity contribution in [2.45, 2.75) is 25.9 Å². The first-order chi connectivity index (χ1) is 9.11. The Morgan fingerprint density at radius 3 is 2.26 bits per heavy atom. The van der Waals surface area contributed by atoms with Crippen molar-refractivity contribution >= 4 is 5.97 Å². The lowest BCUT2D eigenvalue weighted by Crippen LogP contribution is -2.06. The van der Waals surface area contributed by atoms with Crippen molar-refractivity contribution in [3.05, 3.63) is 35.9 Å². The highest BCUT2D eigenvalue weighted by Gasteiger charge is 2.04. The van der Waals surface area contributed by atoms with Gasteiger partial charge in [0.05, 0.1) is 24.9 Å². The number of esters is 1. The topological polar surface area (TPSA) is 87.0 Å². The standard InChI is InChI=1S/C11H14O3.C3H8O2/c12-8-4-5-9-14-11(13)10-6-2-1-3-7-10;1-3(5)2-4/h1-3,6-7,12H,4-5,8-9H2;3-5H,2H2,1H3. The van der Waals surface area contributed by atoms with Crippen LogP contribution in [0.25, 0.3) is 0 Å². The largest absolute Gasteiger partial charge is 0.462 e. The minimum absolute atomic E-state index is 0.139. The molecule has 0 fully saturated rings. The number of carbonyl (C=O) groups excluding carboxylic acids is 1. The predicted molar refractivity (Wildman–Crippen MR) is 71.8 cm³/mol. The fraction of sp³-hybridized carbons (Fsp3) is 0.500. The van der Waals surface area contributed by atoms with Crippen LogP contribution in [0.15, 0.2) is 30.3 Å². The molecular weight excluding hydrogens is 248 g/mol. The second kappa shape index (κ2) is 11.6. The highest BCUT2D eigenvalue weighted by molar-refractivity contribution is 5.89. The molecule has 1 rings (SSSR count). The van der Waals surface area contributed by atoms with Gasteiger partial charge in [0.2, 0.25) is 0 Å². The Morgan fingerprint density at radius 1 is 1.21 bits per heavy atom. The quantitative estimate of drug-likeness (QED) is 0.530. The van der Waals surface area contributed by atoms with Gasteiger partial charge in [0.1, 0.15) is 0 Å². The van der Waals surface area contributed by atoms with Crippen LogP contribution < -0.4 is 0 Å². The molecule has 0 heterocycles. The van der Waals surface area contributed by atoms with Gasteiger partial charge in [-0.15, -0.1) is 0 Å². The maximum absolute atomic E-state index is 11.3. The SMILES string of the molecule is CC(O)CO.O=C(OCCCCO)c1ccccc1. The molecule has 5 heteroatoms. The van der Waals surface area contributed by atoms with E-state index < -0.39 is 6.10 Å². The fourth-order valence-corrected chi connectivity index (χ4v) is 1.04. The summed E-state index contributed by atoms with van der Waals surface area (Å²) in [6, 6.07) is 8.87. The Hall–Kier alpha value is -1.43. The second-order valence-electron chi connectivity index (χ2n) is 3.96. The van der Waals surface area contributed by atoms with Crippen LogP contribution in [-0.2, 0) is 4.74 Å². The molecule has 19 heavy (non-hydrogen) atoms. The van der Waals surface area contributed by atoms with Crippen LogP contribution >= 0.6 is 0 Å². The number of hydrogen-bond acceptors (Lipinski definition) is 5. The Balaban J connectivity index is 0.000000555. The molecule has 1 unspecified atom stereocenters. The molecule has 0 amide bonds. The van der Waals surface area contributed by atoms with E-state index >= 15 is 0 Å². The zero-order chi connectivity index (χ0) is 14.5. The van der Waals surface area contributed by atoms with E-state index in [1.807, 2.05) is 6.07 Å². The molecule has 0 spiro atoms. The molecule has 1 aromatic rings. The molecule has 0 bridgehead atoms. The maximum atomic E-state index is 11.3. The van der Waals surface area contributed by atoms with Gasteiger partial charge in [0, 0.05) is 6.61 Å². The summed E-state index contributed by atoms with van der Waals surface area (Å²) in [5.74, 6) is -0.302. The van der Waals surface area contributed by atoms with Gasteiger partial charge < -0.3 is 20.1 Å². The average Bonchev–Trinajstić information content (AvgIpc) is 2.45. The maximum Gasteiger partial charge on any atom is 0.338 e. The first-order valence-electron chi connectivity index (χ1n) is 6.23. The summed E-state index contributed by atoms with van der Waals surface area (Å²) in [6.07, 6.45) is 0.812. The van der Waals surface area contributed by atoms with Crippen molar-refractivity contribution in [1.29, 1.82) is 0 Å². The van der Waals surface area contributed by atoms with Crippen LogP contribution in [0.4, 0.5) is 0 Å². The van der Waals surface area contributed by atoms with E-state index in [0.717, 1.165) is 0 Å². The third kappa shape index (κ3) is 10.2. The van der Waals surface area contributed by atoms with Crippen molar-refractivity contribution in [3.8, 4) is 0 Å². The number of unbranched alkanes of at least 4 members (excludes halogenated alkanes) is 1. The Labute approximate surface area is 113 Å². The average molecular weight is 270 g/mol. The zero-order valence-corrected chi connectivity index (χ0v) is 11.2. The second-order valence-corrected chi connectivity index (χ2v) is 3.96. The number of ether oxygens (including phenoxy) is 1. The molecule has 1 aromatic carbocycles. The van der Waals surface area contributed by atoms with Crippen molar-refractivity contribution in [2.75, 3.05) is 19.8 Å². The summed E-state index contributed by atoms with van der Waals surface area (Å²) < 4.78 is 4.98. The summed E-state index contributed by atoms with van der Waals surface area (Å²) in [5.41, 5.74) is 0.566. The van der Waals surface area contributed by atoms with Crippen molar-refractivity contribution < 1.29 is 24.9 Å². The Kier molecular flexibility index (Phi) is 10.8. The third-order valence-corrected chi connectivity index (χ3v) is 2.06. The zero-order valence-electron chi connectivity index (χ0n) is 11.2. The number of hydrogen-bond donors (Lipinski definition) is 3. The van der Waals surface area contributed by atoms with E-state index in [1.54, 1.807) is 24.3 Å². The normalized spacial score (nSPS) is 11.2. The van der Waals surface area contributed by atoms with Crippen molar-refractivity contribution in [3.63, 3.8) is 0 Å². The number of rotatable bonds is 6. The van der Waals surface area contributed by atoms with Crippen LogP contribution in [0.1, 0.15) is 30.1 Å². The minimum Gasteiger partial charge on any atom is -0.462 e. The monoisotopic (exact) mass is 270 g/mol. The van der Waals surface area contributed by atoms with Crippen LogP contribution in [0.5, 0.6) is 0 Å². The molecule has 0 aliphatic carbocycles. The molecule has 108 valence electrons. The first-order valence-corrected chi connectivity index (χ1v) is 6.23. The molecule has 0 aromatic heterocycles. The van der Waals surface area contributed by atoms with Gasteiger partial charge in [-0.1, -0.05) is 18.2 Å². The molecule has 0 radical (unpaired) electrons. The number of carbonyl (C=O) groups is 1. The minimum atomic E-state index is -0.560. The van der Waals surface area contributed by atoms with Crippen LogP contribution in [0, 0.1) is 0 Å². The highest BCUT2D eigenvalue weighted by Crippen LogP contribution is 2.01. The van der Waals surface area contributed by atoms with Crippen LogP contribution in [-0.4, -0.2) is 47.2 Å². The molecule has 5 nitrogen and oxygen atoms in total. The van der Waals surface area contributed by atoms with Gasteiger partial charge in [-0.2, -0.15) is 0 Å². The lowest BCUT2D eigenvalue weighted by atomic mass is 10.2. The van der Waals surface area contributed by atoms with Crippen LogP contribution in [0.3, 0.4) is 0 Å². The van der Waals surface area contributed by atoms with E-state index in [2.05, 4.69) is 0 Å². The van der Waals surface area contributed by atoms with E-state index in [1.165, 1.54) is 6.92 Å². The summed E-state index contributed by atoms with van der Waals surface area (Å²) in [4.78, 5) is 11.3. The summed E-state index contributed by atoms with van der Waals surface area (Å²) in [5, 5.41) is 24.5. The summed E-state index contributed by atoms with van der Waals surface area (Å²) >= 11 is 0. The number of benzene rings is 1. The van der Waals surface area contributed by atoms with Gasteiger partial charge >= 0.3 is 5.97 Å². The fourth-order valence-electron chi connectivity index (χ4n) is 1.04. The van der Waals surface area contributed by atoms with Gasteiger partial charge in [-0.3, -0.25) is 0 Å². The lowest BCUT2D eigenvalue weighted by molar-refractivity contribution is 0.0492. The van der Waals surface area contributed by atoms with E-state index in [-0.39, 0.29) is 19.2 Å². The van der Waals surface area contributed by atoms with Crippen LogP contribution in [0.2, 0.25) is 0 Å². The van der Waals surface area contributed by atoms with Crippen molar-refractivity contribution in [1.82, 2.24) is 0 Å². The molecule has 0 saturated heterocycles. The molecular formula is C14H22O5. The first kappa shape index (κ1) is 17.6. The smallest absolute Gasteiger partial charge is 0.338 e. The summed E-state index contributed by atoms with van der Waals surface area (Å²) in [7, 11) is 0. The molecule has 0 aliphatic heterocycles. The number of aliphatic hydroxyl groups is 3. The van der Waals surface area contributed by atoms with E-state index in [0.29, 0.717) is 25.0 Å². The van der Waals surface area contributed by atoms with Gasteiger partial charge in [-0.25, -0.2) is 4.79 Å². The molecule has 0 aliphatic rings. The Bertz CT molecular complexity index is 324. The van der Waals surface area contributed by atoms with Gasteiger partial charge in [0.25, 0.3) is 0 Å². The van der Waals surface area contributed by atoms with Gasteiger partial charge in [-0.05, 0) is 31.9 Å². The van der Waals surface area contributed by atoms with Crippen molar-refractivity contribution in [2.24, 2.45) is 0 Å². The molecule has 0 saturated carbocycles. The molecule has 3 N–H and O–H groups in total. The lowest BCUT2D eigenvalue weighted by Gasteiger charge is -2.03. The Morgan fingerprint density at radius 2 is 1.79 bits per heavy atom. The van der Waals surface area contributed by atoms with E-state index in [4.69, 9.17) is 20.1 Å². The van der Waals surface area contributed by atoms with E-state index in [9.17, 15) is 4.79 Å². The summed E-state index contributed by atoms with van der Waals surface area (Å²) in [6.45, 7) is 1.90. The molecule has 1 atom stereocenters. The number of aliphatic hydroxyl groups excluding tert-OH is 3. The highest BCUT2D eigenvalue weighted by atomic mass is 16.5.